The van der Waals surface area contributed by atoms with Crippen molar-refractivity contribution in [3.05, 3.63) is 113 Å². The number of nitrogens with one attached hydrogen (secondary N) is 4. The molecule has 5 rings (SSSR count). The molecule has 0 spiro atoms. The zero-order valence-electron chi connectivity index (χ0n) is 30.4. The Morgan fingerprint density at radius 3 is 2.29 bits per heavy atom. The smallest absolute Gasteiger partial charge is 0.417 e. The van der Waals surface area contributed by atoms with Gasteiger partial charge < -0.3 is 36.0 Å². The lowest BCUT2D eigenvalue weighted by molar-refractivity contribution is -0.137. The van der Waals surface area contributed by atoms with Crippen LogP contribution in [0.25, 0.3) is 10.9 Å². The fraction of sp³-hybridized carbons (Fsp3) is 0.282. The Hall–Kier alpha value is -5.15. The molecule has 3 amide bonds. The highest BCUT2D eigenvalue weighted by atomic mass is 35.5. The van der Waals surface area contributed by atoms with Gasteiger partial charge in [0.15, 0.2) is 0 Å². The van der Waals surface area contributed by atoms with E-state index in [0.29, 0.717) is 28.3 Å². The molecule has 0 bridgehead atoms. The molecule has 5 N–H and O–H groups in total. The molecule has 0 saturated heterocycles. The molecule has 1 unspecified atom stereocenters. The fourth-order valence-corrected chi connectivity index (χ4v) is 5.75. The van der Waals surface area contributed by atoms with Crippen LogP contribution in [0.5, 0.6) is 11.5 Å². The van der Waals surface area contributed by atoms with Crippen LogP contribution in [0.3, 0.4) is 0 Å². The van der Waals surface area contributed by atoms with E-state index in [-0.39, 0.29) is 23.9 Å². The summed E-state index contributed by atoms with van der Waals surface area (Å²) < 4.78 is 44.5. The Kier molecular flexibility index (Phi) is 15.9. The van der Waals surface area contributed by atoms with Crippen molar-refractivity contribution in [2.24, 2.45) is 0 Å². The summed E-state index contributed by atoms with van der Waals surface area (Å²) in [6.07, 6.45) is 0.794. The second-order valence-electron chi connectivity index (χ2n) is 12.2. The minimum absolute atomic E-state index is 0.0659. The number of nitrogens with zero attached hydrogens (tertiary/aromatic N) is 3. The number of hydrogen-bond acceptors (Lipinski definition) is 8. The molecule has 2 aromatic heterocycles. The molecule has 5 aromatic rings. The SMILES string of the molecule is CCN(CCO)CCCC(C)Nc1ccnc2cc(Cl)ccc12.CNC(=O)c1cc(Oc2ccc(NC(=O)Nc3ccc(Cl)c(C(F)(F)F)c3)cc2)ccn1. The van der Waals surface area contributed by atoms with Crippen LogP contribution in [0.15, 0.2) is 91.3 Å². The zero-order valence-corrected chi connectivity index (χ0v) is 31.9. The summed E-state index contributed by atoms with van der Waals surface area (Å²) in [5.74, 6) is 0.460. The Bertz CT molecular complexity index is 2040. The van der Waals surface area contributed by atoms with Gasteiger partial charge in [0.2, 0.25) is 0 Å². The second-order valence-corrected chi connectivity index (χ2v) is 13.1. The minimum atomic E-state index is -4.64. The number of halogens is 5. The molecule has 292 valence electrons. The summed E-state index contributed by atoms with van der Waals surface area (Å²) >= 11 is 11.6. The third-order valence-corrected chi connectivity index (χ3v) is 8.71. The highest BCUT2D eigenvalue weighted by Crippen LogP contribution is 2.36. The molecule has 0 saturated carbocycles. The van der Waals surface area contributed by atoms with Crippen LogP contribution in [-0.2, 0) is 6.18 Å². The first-order valence-electron chi connectivity index (χ1n) is 17.3. The molecule has 16 heteroatoms. The third-order valence-electron chi connectivity index (χ3n) is 8.15. The predicted molar refractivity (Wildman–Crippen MR) is 212 cm³/mol. The van der Waals surface area contributed by atoms with Gasteiger partial charge in [-0.05, 0) is 106 Å². The number of rotatable bonds is 14. The van der Waals surface area contributed by atoms with Crippen molar-refractivity contribution in [2.45, 2.75) is 38.9 Å². The number of likely N-dealkylation sites (N-methyl/N-ethyl adjacent to an activating group) is 1. The maximum atomic E-state index is 12.9. The summed E-state index contributed by atoms with van der Waals surface area (Å²) in [5.41, 5.74) is 1.46. The molecule has 0 aliphatic rings. The van der Waals surface area contributed by atoms with Crippen LogP contribution >= 0.6 is 23.2 Å². The summed E-state index contributed by atoms with van der Waals surface area (Å²) in [7, 11) is 1.49. The standard InChI is InChI=1S/C21H16ClF3N4O3.C18H26ClN3O/c1-26-19(30)18-11-15(8-9-27-18)32-14-5-2-12(3-6-14)28-20(31)29-13-4-7-17(22)16(10-13)21(23,24)25;1-3-22(11-12-23)10-4-5-14(2)21-17-8-9-20-18-13-15(19)6-7-16(17)18/h2-11H,1H3,(H,26,30)(H2,28,29,31);6-9,13-14,23H,3-5,10-12H2,1-2H3,(H,20,21). The van der Waals surface area contributed by atoms with Gasteiger partial charge in [0, 0.05) is 65.6 Å². The Labute approximate surface area is 327 Å². The molecule has 11 nitrogen and oxygen atoms in total. The lowest BCUT2D eigenvalue weighted by Gasteiger charge is -2.21. The van der Waals surface area contributed by atoms with Gasteiger partial charge in [-0.25, -0.2) is 4.79 Å². The molecular weight excluding hydrogens is 758 g/mol. The number of amides is 3. The Morgan fingerprint density at radius 2 is 1.60 bits per heavy atom. The minimum Gasteiger partial charge on any atom is -0.457 e. The molecule has 0 aliphatic heterocycles. The highest BCUT2D eigenvalue weighted by Gasteiger charge is 2.33. The van der Waals surface area contributed by atoms with E-state index in [1.807, 2.05) is 30.5 Å². The lowest BCUT2D eigenvalue weighted by atomic mass is 10.1. The molecule has 55 heavy (non-hydrogen) atoms. The first kappa shape index (κ1) is 42.6. The van der Waals surface area contributed by atoms with Gasteiger partial charge in [0.1, 0.15) is 17.2 Å². The summed E-state index contributed by atoms with van der Waals surface area (Å²) in [6, 6.07) is 19.8. The number of urea groups is 1. The van der Waals surface area contributed by atoms with E-state index in [4.69, 9.17) is 33.0 Å². The number of carbonyl (C=O) groups excluding carboxylic acids is 2. The normalized spacial score (nSPS) is 11.7. The number of hydrogen-bond donors (Lipinski definition) is 5. The number of aliphatic hydroxyl groups excluding tert-OH is 1. The van der Waals surface area contributed by atoms with E-state index in [9.17, 15) is 22.8 Å². The monoisotopic (exact) mass is 799 g/mol. The average Bonchev–Trinajstić information content (AvgIpc) is 3.15. The molecule has 0 radical (unpaired) electrons. The molecule has 0 aliphatic carbocycles. The first-order valence-corrected chi connectivity index (χ1v) is 18.1. The second kappa shape index (κ2) is 20.5. The van der Waals surface area contributed by atoms with Crippen LogP contribution < -0.4 is 26.0 Å². The number of anilines is 3. The van der Waals surface area contributed by atoms with Crippen molar-refractivity contribution >= 4 is 63.1 Å². The summed E-state index contributed by atoms with van der Waals surface area (Å²) in [5, 5.41) is 21.2. The molecule has 1 atom stereocenters. The predicted octanol–water partition coefficient (Wildman–Crippen LogP) is 9.33. The third kappa shape index (κ3) is 13.3. The number of carbonyl (C=O) groups is 2. The van der Waals surface area contributed by atoms with Crippen LogP contribution in [0.4, 0.5) is 35.0 Å². The van der Waals surface area contributed by atoms with Crippen LogP contribution in [0.1, 0.15) is 42.7 Å². The number of ether oxygens (including phenoxy) is 1. The van der Waals surface area contributed by atoms with E-state index in [1.54, 1.807) is 30.3 Å². The van der Waals surface area contributed by atoms with Crippen molar-refractivity contribution < 1.29 is 32.6 Å². The molecule has 2 heterocycles. The van der Waals surface area contributed by atoms with Crippen LogP contribution in [-0.4, -0.2) is 71.2 Å². The molecule has 3 aromatic carbocycles. The number of benzene rings is 3. The number of aliphatic hydroxyl groups is 1. The van der Waals surface area contributed by atoms with Crippen LogP contribution in [0.2, 0.25) is 10.0 Å². The lowest BCUT2D eigenvalue weighted by Crippen LogP contribution is -2.28. The average molecular weight is 801 g/mol. The number of pyridine rings is 2. The van der Waals surface area contributed by atoms with Crippen molar-refractivity contribution in [3.63, 3.8) is 0 Å². The van der Waals surface area contributed by atoms with Gasteiger partial charge in [-0.15, -0.1) is 0 Å². The Balaban J connectivity index is 0.000000258. The van der Waals surface area contributed by atoms with Gasteiger partial charge in [-0.2, -0.15) is 13.2 Å². The number of alkyl halides is 3. The van der Waals surface area contributed by atoms with E-state index in [2.05, 4.69) is 50.0 Å². The first-order chi connectivity index (χ1) is 26.3. The summed E-state index contributed by atoms with van der Waals surface area (Å²) in [6.45, 7) is 7.32. The van der Waals surface area contributed by atoms with Crippen molar-refractivity contribution in [3.8, 4) is 11.5 Å². The van der Waals surface area contributed by atoms with Gasteiger partial charge in [-0.3, -0.25) is 14.8 Å². The maximum Gasteiger partial charge on any atom is 0.417 e. The number of aromatic nitrogens is 2. The van der Waals surface area contributed by atoms with Crippen molar-refractivity contribution in [1.82, 2.24) is 20.2 Å². The molecular formula is C39H42Cl2F3N7O4. The van der Waals surface area contributed by atoms with E-state index in [0.717, 1.165) is 61.2 Å². The van der Waals surface area contributed by atoms with Gasteiger partial charge in [0.05, 0.1) is 22.7 Å². The maximum absolute atomic E-state index is 12.9. The fourth-order valence-electron chi connectivity index (χ4n) is 5.36. The van der Waals surface area contributed by atoms with Gasteiger partial charge in [-0.1, -0.05) is 30.1 Å². The van der Waals surface area contributed by atoms with Gasteiger partial charge in [0.25, 0.3) is 5.91 Å². The van der Waals surface area contributed by atoms with Crippen LogP contribution in [0, 0.1) is 0 Å². The van der Waals surface area contributed by atoms with Crippen molar-refractivity contribution in [2.75, 3.05) is 49.2 Å². The highest BCUT2D eigenvalue weighted by molar-refractivity contribution is 6.31. The Morgan fingerprint density at radius 1 is 0.891 bits per heavy atom. The van der Waals surface area contributed by atoms with E-state index >= 15 is 0 Å². The van der Waals surface area contributed by atoms with Crippen molar-refractivity contribution in [1.29, 1.82) is 0 Å². The zero-order chi connectivity index (χ0) is 40.0. The van der Waals surface area contributed by atoms with E-state index < -0.39 is 22.8 Å². The summed E-state index contributed by atoms with van der Waals surface area (Å²) in [4.78, 5) is 34.4. The topological polar surface area (TPSA) is 141 Å². The van der Waals surface area contributed by atoms with Gasteiger partial charge >= 0.3 is 12.2 Å². The molecule has 0 fully saturated rings. The van der Waals surface area contributed by atoms with E-state index in [1.165, 1.54) is 25.4 Å². The quantitative estimate of drug-likeness (QED) is 0.0749. The number of fused-ring (bicyclic) bond motifs is 1. The largest absolute Gasteiger partial charge is 0.457 e.